The predicted octanol–water partition coefficient (Wildman–Crippen LogP) is 3.34. The third-order valence-electron chi connectivity index (χ3n) is 3.85. The van der Waals surface area contributed by atoms with Crippen LogP contribution in [0.5, 0.6) is 0 Å². The highest BCUT2D eigenvalue weighted by Crippen LogP contribution is 2.24. The summed E-state index contributed by atoms with van der Waals surface area (Å²) in [6.07, 6.45) is 0. The average molecular weight is 400 g/mol. The van der Waals surface area contributed by atoms with Gasteiger partial charge in [-0.1, -0.05) is 47.7 Å². The molecule has 0 aliphatic carbocycles. The van der Waals surface area contributed by atoms with Gasteiger partial charge >= 0.3 is 0 Å². The number of nitrogens with one attached hydrogen (secondary N) is 1. The molecule has 0 unspecified atom stereocenters. The minimum Gasteiger partial charge on any atom is -0.355 e. The van der Waals surface area contributed by atoms with Crippen LogP contribution in [0.15, 0.2) is 64.5 Å². The summed E-state index contributed by atoms with van der Waals surface area (Å²) in [6.45, 7) is 2.73. The van der Waals surface area contributed by atoms with E-state index in [-0.39, 0.29) is 24.1 Å². The number of hydrogen-bond donors (Lipinski definition) is 1. The van der Waals surface area contributed by atoms with Crippen molar-refractivity contribution < 1.29 is 9.59 Å². The van der Waals surface area contributed by atoms with E-state index >= 15 is 0 Å². The number of anilines is 1. The number of aliphatic imine (C=N–C) groups is 1. The summed E-state index contributed by atoms with van der Waals surface area (Å²) < 4.78 is 0. The number of aryl methyl sites for hydroxylation is 1. The Morgan fingerprint density at radius 1 is 1.11 bits per heavy atom. The molecule has 0 fully saturated rings. The van der Waals surface area contributed by atoms with E-state index in [2.05, 4.69) is 22.4 Å². The molecule has 0 aromatic heterocycles. The lowest BCUT2D eigenvalue weighted by Crippen LogP contribution is -2.33. The third-order valence-corrected chi connectivity index (χ3v) is 5.84. The van der Waals surface area contributed by atoms with E-state index in [1.165, 1.54) is 16.7 Å². The van der Waals surface area contributed by atoms with E-state index in [1.54, 1.807) is 16.7 Å². The van der Waals surface area contributed by atoms with Gasteiger partial charge in [0.15, 0.2) is 5.17 Å². The van der Waals surface area contributed by atoms with Crippen molar-refractivity contribution in [2.24, 2.45) is 4.99 Å². The summed E-state index contributed by atoms with van der Waals surface area (Å²) in [5.41, 5.74) is 1.92. The highest BCUT2D eigenvalue weighted by Gasteiger charge is 2.27. The Bertz CT molecular complexity index is 823. The van der Waals surface area contributed by atoms with Crippen molar-refractivity contribution in [1.29, 1.82) is 0 Å². The minimum atomic E-state index is -0.0685. The Morgan fingerprint density at radius 3 is 2.59 bits per heavy atom. The van der Waals surface area contributed by atoms with Crippen LogP contribution in [0, 0.1) is 6.92 Å². The molecule has 2 aromatic rings. The normalized spacial score (nSPS) is 13.6. The highest BCUT2D eigenvalue weighted by atomic mass is 32.2. The molecule has 0 saturated carbocycles. The molecular weight excluding hydrogens is 378 g/mol. The lowest BCUT2D eigenvalue weighted by atomic mass is 10.2. The molecule has 3 rings (SSSR count). The molecule has 5 nitrogen and oxygen atoms in total. The molecule has 0 saturated heterocycles. The van der Waals surface area contributed by atoms with Crippen molar-refractivity contribution in [3.05, 3.63) is 60.2 Å². The molecule has 140 valence electrons. The minimum absolute atomic E-state index is 0.0560. The second kappa shape index (κ2) is 9.62. The zero-order chi connectivity index (χ0) is 19.1. The number of thioether (sulfide) groups is 2. The molecule has 2 aromatic carbocycles. The van der Waals surface area contributed by atoms with Gasteiger partial charge in [0.05, 0.1) is 11.4 Å². The van der Waals surface area contributed by atoms with Gasteiger partial charge in [-0.05, 0) is 31.2 Å². The summed E-state index contributed by atoms with van der Waals surface area (Å²) in [4.78, 5) is 31.3. The summed E-state index contributed by atoms with van der Waals surface area (Å²) in [6, 6.07) is 17.8. The fourth-order valence-electron chi connectivity index (χ4n) is 2.50. The van der Waals surface area contributed by atoms with Crippen LogP contribution in [0.1, 0.15) is 5.56 Å². The molecule has 7 heteroatoms. The van der Waals surface area contributed by atoms with E-state index in [0.717, 1.165) is 17.0 Å². The molecule has 27 heavy (non-hydrogen) atoms. The van der Waals surface area contributed by atoms with Crippen LogP contribution in [-0.4, -0.2) is 41.6 Å². The smallest absolute Gasteiger partial charge is 0.254 e. The Balaban J connectivity index is 1.43. The summed E-state index contributed by atoms with van der Waals surface area (Å²) in [7, 11) is 0. The Kier molecular flexibility index (Phi) is 6.95. The number of carbonyl (C=O) groups excluding carboxylic acids is 2. The van der Waals surface area contributed by atoms with Gasteiger partial charge in [0.25, 0.3) is 5.91 Å². The molecule has 0 radical (unpaired) electrons. The Morgan fingerprint density at radius 2 is 1.85 bits per heavy atom. The molecule has 1 N–H and O–H groups in total. The quantitative estimate of drug-likeness (QED) is 0.573. The van der Waals surface area contributed by atoms with Gasteiger partial charge in [0, 0.05) is 17.2 Å². The number of amidine groups is 1. The van der Waals surface area contributed by atoms with Crippen LogP contribution in [0.4, 0.5) is 5.69 Å². The van der Waals surface area contributed by atoms with Gasteiger partial charge < -0.3 is 5.32 Å². The van der Waals surface area contributed by atoms with E-state index in [4.69, 9.17) is 0 Å². The van der Waals surface area contributed by atoms with Crippen molar-refractivity contribution in [1.82, 2.24) is 5.32 Å². The van der Waals surface area contributed by atoms with Gasteiger partial charge in [0.1, 0.15) is 6.54 Å². The van der Waals surface area contributed by atoms with Crippen LogP contribution in [0.25, 0.3) is 0 Å². The zero-order valence-electron chi connectivity index (χ0n) is 15.1. The lowest BCUT2D eigenvalue weighted by Gasteiger charge is -2.18. The van der Waals surface area contributed by atoms with Gasteiger partial charge in [-0.15, -0.1) is 11.8 Å². The molecule has 1 aliphatic rings. The third kappa shape index (κ3) is 5.61. The van der Waals surface area contributed by atoms with E-state index in [9.17, 15) is 9.59 Å². The summed E-state index contributed by atoms with van der Waals surface area (Å²) in [5, 5.41) is 3.49. The number of hydrogen-bond acceptors (Lipinski definition) is 5. The maximum atomic E-state index is 12.2. The van der Waals surface area contributed by atoms with Crippen LogP contribution >= 0.6 is 23.5 Å². The van der Waals surface area contributed by atoms with Crippen molar-refractivity contribution in [3.63, 3.8) is 0 Å². The maximum absolute atomic E-state index is 12.2. The molecule has 1 aliphatic heterocycles. The van der Waals surface area contributed by atoms with Crippen molar-refractivity contribution >= 4 is 46.2 Å². The second-order valence-electron chi connectivity index (χ2n) is 5.96. The first kappa shape index (κ1) is 19.5. The van der Waals surface area contributed by atoms with Crippen molar-refractivity contribution in [2.75, 3.05) is 29.5 Å². The van der Waals surface area contributed by atoms with Crippen LogP contribution in [0.3, 0.4) is 0 Å². The Hall–Kier alpha value is -2.25. The van der Waals surface area contributed by atoms with Crippen molar-refractivity contribution in [3.8, 4) is 0 Å². The summed E-state index contributed by atoms with van der Waals surface area (Å²) >= 11 is 3.00. The highest BCUT2D eigenvalue weighted by molar-refractivity contribution is 8.14. The first-order valence-electron chi connectivity index (χ1n) is 8.65. The fourth-order valence-corrected chi connectivity index (χ4v) is 4.14. The largest absolute Gasteiger partial charge is 0.355 e. The predicted molar refractivity (Wildman–Crippen MR) is 114 cm³/mol. The van der Waals surface area contributed by atoms with E-state index in [0.29, 0.717) is 11.7 Å². The topological polar surface area (TPSA) is 61.8 Å². The first-order chi connectivity index (χ1) is 13.1. The van der Waals surface area contributed by atoms with E-state index < -0.39 is 0 Å². The maximum Gasteiger partial charge on any atom is 0.254 e. The van der Waals surface area contributed by atoms with Gasteiger partial charge in [0.2, 0.25) is 5.91 Å². The van der Waals surface area contributed by atoms with Gasteiger partial charge in [-0.2, -0.15) is 0 Å². The number of benzene rings is 2. The number of rotatable bonds is 7. The Labute approximate surface area is 167 Å². The van der Waals surface area contributed by atoms with Crippen molar-refractivity contribution in [2.45, 2.75) is 11.8 Å². The number of nitrogens with zero attached hydrogens (tertiary/aromatic N) is 2. The average Bonchev–Trinajstić information content (AvgIpc) is 3.05. The molecular formula is C20H21N3O2S2. The van der Waals surface area contributed by atoms with E-state index in [1.807, 2.05) is 49.4 Å². The zero-order valence-corrected chi connectivity index (χ0v) is 16.7. The molecule has 0 atom stereocenters. The number of carbonyl (C=O) groups is 2. The van der Waals surface area contributed by atoms with Crippen LogP contribution in [-0.2, 0) is 9.59 Å². The molecule has 2 amide bonds. The van der Waals surface area contributed by atoms with Gasteiger partial charge in [-0.3, -0.25) is 19.5 Å². The van der Waals surface area contributed by atoms with Crippen LogP contribution in [0.2, 0.25) is 0 Å². The summed E-state index contributed by atoms with van der Waals surface area (Å²) in [5.74, 6) is 0.931. The van der Waals surface area contributed by atoms with Crippen LogP contribution < -0.4 is 10.2 Å². The lowest BCUT2D eigenvalue weighted by molar-refractivity contribution is -0.118. The first-order valence-corrected chi connectivity index (χ1v) is 10.6. The molecule has 0 spiro atoms. The fraction of sp³-hybridized carbons (Fsp3) is 0.250. The number of amides is 2. The second-order valence-corrected chi connectivity index (χ2v) is 8.07. The standard InChI is InChI=1S/C20H21N3O2S2/c1-15-7-9-16(10-8-15)23-19(25)13-22-20(23)27-14-18(24)21-11-12-26-17-5-3-2-4-6-17/h2-10H,11-14H2,1H3,(H,21,24). The molecule has 1 heterocycles. The molecule has 0 bridgehead atoms. The SMILES string of the molecule is Cc1ccc(N2C(=O)CN=C2SCC(=O)NCCSc2ccccc2)cc1. The monoisotopic (exact) mass is 399 g/mol. The van der Waals surface area contributed by atoms with Gasteiger partial charge in [-0.25, -0.2) is 0 Å².